The highest BCUT2D eigenvalue weighted by molar-refractivity contribution is 4.84. The molecule has 4 unspecified atom stereocenters. The molecule has 0 spiro atoms. The van der Waals surface area contributed by atoms with Crippen LogP contribution in [0.1, 0.15) is 27.2 Å². The van der Waals surface area contributed by atoms with E-state index in [-0.39, 0.29) is 12.1 Å². The smallest absolute Gasteiger partial charge is 0.0662 e. The van der Waals surface area contributed by atoms with Crippen molar-refractivity contribution in [2.45, 2.75) is 45.4 Å². The zero-order valence-corrected chi connectivity index (χ0v) is 9.83. The van der Waals surface area contributed by atoms with E-state index in [0.29, 0.717) is 12.0 Å². The molecule has 0 saturated carbocycles. The van der Waals surface area contributed by atoms with Crippen molar-refractivity contribution in [2.24, 2.45) is 5.92 Å². The molecule has 14 heavy (non-hydrogen) atoms. The van der Waals surface area contributed by atoms with Gasteiger partial charge in [-0.3, -0.25) is 0 Å². The largest absolute Gasteiger partial charge is 0.392 e. The predicted octanol–water partition coefficient (Wildman–Crippen LogP) is 0.685. The highest BCUT2D eigenvalue weighted by Gasteiger charge is 2.25. The topological polar surface area (TPSA) is 35.5 Å². The summed E-state index contributed by atoms with van der Waals surface area (Å²) in [6.07, 6.45) is 0.927. The van der Waals surface area contributed by atoms with Gasteiger partial charge in [-0.25, -0.2) is 0 Å². The quantitative estimate of drug-likeness (QED) is 0.703. The van der Waals surface area contributed by atoms with Gasteiger partial charge in [0.2, 0.25) is 0 Å². The second-order valence-electron chi connectivity index (χ2n) is 4.83. The number of hydrogen-bond acceptors (Lipinski definition) is 3. The molecule has 2 N–H and O–H groups in total. The molecule has 3 nitrogen and oxygen atoms in total. The number of aliphatic hydroxyl groups is 1. The summed E-state index contributed by atoms with van der Waals surface area (Å²) in [6.45, 7) is 8.49. The average Bonchev–Trinajstić information content (AvgIpc) is 2.09. The number of nitrogens with zero attached hydrogens (tertiary/aromatic N) is 1. The fourth-order valence-corrected chi connectivity index (χ4v) is 2.08. The van der Waals surface area contributed by atoms with Crippen LogP contribution in [0.2, 0.25) is 0 Å². The Morgan fingerprint density at radius 3 is 2.57 bits per heavy atom. The van der Waals surface area contributed by atoms with Gasteiger partial charge in [-0.05, 0) is 39.8 Å². The maximum absolute atomic E-state index is 9.42. The van der Waals surface area contributed by atoms with Crippen LogP contribution in [0.15, 0.2) is 0 Å². The normalized spacial score (nSPS) is 34.1. The monoisotopic (exact) mass is 200 g/mol. The average molecular weight is 200 g/mol. The van der Waals surface area contributed by atoms with E-state index in [1.807, 2.05) is 6.92 Å². The fourth-order valence-electron chi connectivity index (χ4n) is 2.08. The molecule has 0 amide bonds. The summed E-state index contributed by atoms with van der Waals surface area (Å²) in [5.74, 6) is 0.676. The fraction of sp³-hybridized carbons (Fsp3) is 1.00. The minimum Gasteiger partial charge on any atom is -0.392 e. The van der Waals surface area contributed by atoms with Gasteiger partial charge in [-0.2, -0.15) is 0 Å². The number of nitrogens with one attached hydrogen (secondary N) is 1. The molecule has 1 rings (SSSR count). The Balaban J connectivity index is 2.37. The van der Waals surface area contributed by atoms with Gasteiger partial charge >= 0.3 is 0 Å². The van der Waals surface area contributed by atoms with E-state index in [1.54, 1.807) is 0 Å². The maximum atomic E-state index is 9.42. The SMILES string of the molecule is CC(O)C(C)NC1CCN(C)CC1C. The molecule has 0 aliphatic carbocycles. The predicted molar refractivity (Wildman–Crippen MR) is 59.3 cm³/mol. The van der Waals surface area contributed by atoms with Crippen molar-refractivity contribution in [3.05, 3.63) is 0 Å². The Kier molecular flexibility index (Phi) is 4.35. The van der Waals surface area contributed by atoms with Gasteiger partial charge in [-0.15, -0.1) is 0 Å². The van der Waals surface area contributed by atoms with E-state index in [4.69, 9.17) is 0 Å². The van der Waals surface area contributed by atoms with Crippen LogP contribution in [0.3, 0.4) is 0 Å². The molecule has 3 heteroatoms. The van der Waals surface area contributed by atoms with E-state index in [0.717, 1.165) is 13.1 Å². The Morgan fingerprint density at radius 2 is 2.07 bits per heavy atom. The van der Waals surface area contributed by atoms with Crippen LogP contribution < -0.4 is 5.32 Å². The standard InChI is InChI=1S/C11H24N2O/c1-8-7-13(4)6-5-11(8)12-9(2)10(3)14/h8-12,14H,5-7H2,1-4H3. The van der Waals surface area contributed by atoms with Crippen molar-refractivity contribution in [1.29, 1.82) is 0 Å². The summed E-state index contributed by atoms with van der Waals surface area (Å²) in [5.41, 5.74) is 0. The van der Waals surface area contributed by atoms with Gasteiger partial charge in [0, 0.05) is 18.6 Å². The van der Waals surface area contributed by atoms with Gasteiger partial charge in [0.25, 0.3) is 0 Å². The van der Waals surface area contributed by atoms with Crippen molar-refractivity contribution in [3.8, 4) is 0 Å². The number of likely N-dealkylation sites (tertiary alicyclic amines) is 1. The lowest BCUT2D eigenvalue weighted by Crippen LogP contribution is -2.51. The van der Waals surface area contributed by atoms with Crippen molar-refractivity contribution in [2.75, 3.05) is 20.1 Å². The lowest BCUT2D eigenvalue weighted by atomic mass is 9.93. The third kappa shape index (κ3) is 3.23. The lowest BCUT2D eigenvalue weighted by molar-refractivity contribution is 0.115. The molecular formula is C11H24N2O. The van der Waals surface area contributed by atoms with Crippen LogP contribution in [-0.4, -0.2) is 48.3 Å². The molecule has 0 radical (unpaired) electrons. The summed E-state index contributed by atoms with van der Waals surface area (Å²) in [6, 6.07) is 0.765. The highest BCUT2D eigenvalue weighted by atomic mass is 16.3. The molecular weight excluding hydrogens is 176 g/mol. The third-order valence-electron chi connectivity index (χ3n) is 3.31. The lowest BCUT2D eigenvalue weighted by Gasteiger charge is -2.37. The van der Waals surface area contributed by atoms with Gasteiger partial charge < -0.3 is 15.3 Å². The molecule has 0 bridgehead atoms. The van der Waals surface area contributed by atoms with E-state index in [2.05, 4.69) is 31.1 Å². The Labute approximate surface area is 87.5 Å². The number of aliphatic hydroxyl groups excluding tert-OH is 1. The molecule has 1 saturated heterocycles. The van der Waals surface area contributed by atoms with Crippen LogP contribution in [0.5, 0.6) is 0 Å². The first-order chi connectivity index (χ1) is 6.50. The second kappa shape index (κ2) is 5.10. The molecule has 84 valence electrons. The molecule has 1 aliphatic heterocycles. The molecule has 0 aromatic carbocycles. The minimum atomic E-state index is -0.262. The Morgan fingerprint density at radius 1 is 1.43 bits per heavy atom. The summed E-state index contributed by atoms with van der Waals surface area (Å²) in [7, 11) is 2.17. The number of piperidine rings is 1. The van der Waals surface area contributed by atoms with Crippen LogP contribution in [-0.2, 0) is 0 Å². The van der Waals surface area contributed by atoms with E-state index in [9.17, 15) is 5.11 Å². The maximum Gasteiger partial charge on any atom is 0.0662 e. The minimum absolute atomic E-state index is 0.200. The Hall–Kier alpha value is -0.120. The van der Waals surface area contributed by atoms with E-state index < -0.39 is 0 Å². The summed E-state index contributed by atoms with van der Waals surface area (Å²) >= 11 is 0. The molecule has 0 aromatic rings. The third-order valence-corrected chi connectivity index (χ3v) is 3.31. The number of rotatable bonds is 3. The van der Waals surface area contributed by atoms with E-state index >= 15 is 0 Å². The van der Waals surface area contributed by atoms with Crippen molar-refractivity contribution in [1.82, 2.24) is 10.2 Å². The van der Waals surface area contributed by atoms with Crippen molar-refractivity contribution in [3.63, 3.8) is 0 Å². The molecule has 1 fully saturated rings. The van der Waals surface area contributed by atoms with Crippen LogP contribution in [0, 0.1) is 5.92 Å². The van der Waals surface area contributed by atoms with Gasteiger partial charge in [0.15, 0.2) is 0 Å². The van der Waals surface area contributed by atoms with Gasteiger partial charge in [0.1, 0.15) is 0 Å². The molecule has 1 heterocycles. The first-order valence-corrected chi connectivity index (χ1v) is 5.63. The second-order valence-corrected chi connectivity index (χ2v) is 4.83. The summed E-state index contributed by atoms with van der Waals surface area (Å²) in [4.78, 5) is 2.37. The molecule has 0 aromatic heterocycles. The first-order valence-electron chi connectivity index (χ1n) is 5.63. The zero-order chi connectivity index (χ0) is 10.7. The van der Waals surface area contributed by atoms with E-state index in [1.165, 1.54) is 6.42 Å². The first kappa shape index (κ1) is 12.0. The van der Waals surface area contributed by atoms with Crippen LogP contribution >= 0.6 is 0 Å². The van der Waals surface area contributed by atoms with Crippen LogP contribution in [0.25, 0.3) is 0 Å². The van der Waals surface area contributed by atoms with Gasteiger partial charge in [-0.1, -0.05) is 6.92 Å². The number of hydrogen-bond donors (Lipinski definition) is 2. The Bertz CT molecular complexity index is 173. The highest BCUT2D eigenvalue weighted by Crippen LogP contribution is 2.16. The molecule has 4 atom stereocenters. The zero-order valence-electron chi connectivity index (χ0n) is 9.83. The van der Waals surface area contributed by atoms with Gasteiger partial charge in [0.05, 0.1) is 6.10 Å². The van der Waals surface area contributed by atoms with Crippen molar-refractivity contribution < 1.29 is 5.11 Å². The van der Waals surface area contributed by atoms with Crippen molar-refractivity contribution >= 4 is 0 Å². The molecule has 1 aliphatic rings. The summed E-state index contributed by atoms with van der Waals surface area (Å²) in [5, 5.41) is 12.9. The summed E-state index contributed by atoms with van der Waals surface area (Å²) < 4.78 is 0. The van der Waals surface area contributed by atoms with Crippen LogP contribution in [0.4, 0.5) is 0 Å².